The number of rotatable bonds is 4. The van der Waals surface area contributed by atoms with E-state index in [1.54, 1.807) is 12.4 Å². The Balaban J connectivity index is 1.67. The Morgan fingerprint density at radius 2 is 1.89 bits per heavy atom. The molecule has 1 aliphatic heterocycles. The van der Waals surface area contributed by atoms with Gasteiger partial charge < -0.3 is 10.2 Å². The van der Waals surface area contributed by atoms with Gasteiger partial charge >= 0.3 is 0 Å². The molecule has 0 saturated heterocycles. The van der Waals surface area contributed by atoms with Gasteiger partial charge in [-0.15, -0.1) is 0 Å². The highest BCUT2D eigenvalue weighted by atomic mass is 19.1. The number of hydrogen-bond donors (Lipinski definition) is 1. The zero-order valence-corrected chi connectivity index (χ0v) is 15.7. The molecule has 146 valence electrons. The van der Waals surface area contributed by atoms with Gasteiger partial charge in [0.05, 0.1) is 5.92 Å². The Bertz CT molecular complexity index is 865. The average Bonchev–Trinajstić information content (AvgIpc) is 2.72. The van der Waals surface area contributed by atoms with Crippen LogP contribution in [0.5, 0.6) is 0 Å². The van der Waals surface area contributed by atoms with E-state index in [-0.39, 0.29) is 24.3 Å². The molecule has 1 saturated carbocycles. The number of anilines is 1. The zero-order chi connectivity index (χ0) is 19.5. The van der Waals surface area contributed by atoms with E-state index in [4.69, 9.17) is 0 Å². The summed E-state index contributed by atoms with van der Waals surface area (Å²) in [7, 11) is 0. The SMILES string of the molecule is O=C1C[C@@H](C(=O)N(Cc2ccncc2)C2CCCCC2)c2cc(F)ccc2N1. The molecule has 0 unspecified atom stereocenters. The third-order valence-corrected chi connectivity index (χ3v) is 5.75. The van der Waals surface area contributed by atoms with Crippen LogP contribution in [0.25, 0.3) is 0 Å². The normalized spacial score (nSPS) is 19.6. The predicted octanol–water partition coefficient (Wildman–Crippen LogP) is 4.01. The molecule has 2 heterocycles. The van der Waals surface area contributed by atoms with E-state index < -0.39 is 11.7 Å². The number of carbonyl (C=O) groups is 2. The molecular formula is C22H24FN3O2. The summed E-state index contributed by atoms with van der Waals surface area (Å²) >= 11 is 0. The molecule has 0 radical (unpaired) electrons. The van der Waals surface area contributed by atoms with Crippen molar-refractivity contribution in [3.8, 4) is 0 Å². The molecule has 0 spiro atoms. The van der Waals surface area contributed by atoms with E-state index in [1.807, 2.05) is 17.0 Å². The maximum Gasteiger partial charge on any atom is 0.231 e. The highest BCUT2D eigenvalue weighted by Crippen LogP contribution is 2.36. The van der Waals surface area contributed by atoms with Crippen LogP contribution < -0.4 is 5.32 Å². The van der Waals surface area contributed by atoms with Crippen molar-refractivity contribution in [3.05, 3.63) is 59.7 Å². The molecule has 1 fully saturated rings. The predicted molar refractivity (Wildman–Crippen MR) is 104 cm³/mol. The topological polar surface area (TPSA) is 62.3 Å². The molecule has 1 atom stereocenters. The standard InChI is InChI=1S/C22H24FN3O2/c23-16-6-7-20-18(12-16)19(13-21(27)25-20)22(28)26(17-4-2-1-3-5-17)14-15-8-10-24-11-9-15/h6-12,17,19H,1-5,13-14H2,(H,25,27)/t19-/m1/s1. The van der Waals surface area contributed by atoms with E-state index in [1.165, 1.54) is 24.6 Å². The summed E-state index contributed by atoms with van der Waals surface area (Å²) in [5.74, 6) is -1.34. The van der Waals surface area contributed by atoms with Crippen LogP contribution >= 0.6 is 0 Å². The third kappa shape index (κ3) is 3.91. The highest BCUT2D eigenvalue weighted by molar-refractivity contribution is 6.01. The lowest BCUT2D eigenvalue weighted by atomic mass is 9.87. The number of halogens is 1. The van der Waals surface area contributed by atoms with Crippen molar-refractivity contribution in [1.82, 2.24) is 9.88 Å². The summed E-state index contributed by atoms with van der Waals surface area (Å²) in [5.41, 5.74) is 2.11. The van der Waals surface area contributed by atoms with Crippen molar-refractivity contribution in [1.29, 1.82) is 0 Å². The summed E-state index contributed by atoms with van der Waals surface area (Å²) < 4.78 is 13.9. The number of aromatic nitrogens is 1. The van der Waals surface area contributed by atoms with Crippen LogP contribution in [-0.4, -0.2) is 27.7 Å². The molecule has 5 nitrogen and oxygen atoms in total. The van der Waals surface area contributed by atoms with Crippen molar-refractivity contribution >= 4 is 17.5 Å². The number of benzene rings is 1. The highest BCUT2D eigenvalue weighted by Gasteiger charge is 2.36. The van der Waals surface area contributed by atoms with Gasteiger partial charge in [0.15, 0.2) is 0 Å². The molecule has 2 aromatic rings. The second kappa shape index (κ2) is 8.09. The number of hydrogen-bond acceptors (Lipinski definition) is 3. The second-order valence-corrected chi connectivity index (χ2v) is 7.65. The van der Waals surface area contributed by atoms with Gasteiger partial charge in [-0.05, 0) is 54.3 Å². The largest absolute Gasteiger partial charge is 0.335 e. The molecule has 1 N–H and O–H groups in total. The van der Waals surface area contributed by atoms with E-state index in [0.717, 1.165) is 31.2 Å². The lowest BCUT2D eigenvalue weighted by molar-refractivity contribution is -0.138. The van der Waals surface area contributed by atoms with Gasteiger partial charge in [0.2, 0.25) is 11.8 Å². The van der Waals surface area contributed by atoms with Gasteiger partial charge in [0.25, 0.3) is 0 Å². The first-order valence-corrected chi connectivity index (χ1v) is 9.90. The molecule has 4 rings (SSSR count). The Kier molecular flexibility index (Phi) is 5.37. The molecule has 1 aromatic carbocycles. The van der Waals surface area contributed by atoms with Crippen LogP contribution in [0.4, 0.5) is 10.1 Å². The van der Waals surface area contributed by atoms with E-state index in [0.29, 0.717) is 17.8 Å². The number of pyridine rings is 1. The molecule has 1 aliphatic carbocycles. The maximum atomic E-state index is 13.9. The monoisotopic (exact) mass is 381 g/mol. The Hall–Kier alpha value is -2.76. The zero-order valence-electron chi connectivity index (χ0n) is 15.7. The number of fused-ring (bicyclic) bond motifs is 1. The third-order valence-electron chi connectivity index (χ3n) is 5.75. The van der Waals surface area contributed by atoms with Crippen LogP contribution in [0.2, 0.25) is 0 Å². The van der Waals surface area contributed by atoms with Crippen LogP contribution in [0.3, 0.4) is 0 Å². The van der Waals surface area contributed by atoms with Gasteiger partial charge in [-0.25, -0.2) is 4.39 Å². The Labute approximate surface area is 164 Å². The van der Waals surface area contributed by atoms with Crippen LogP contribution in [-0.2, 0) is 16.1 Å². The lowest BCUT2D eigenvalue weighted by Crippen LogP contribution is -2.45. The number of carbonyl (C=O) groups excluding carboxylic acids is 2. The second-order valence-electron chi connectivity index (χ2n) is 7.65. The summed E-state index contributed by atoms with van der Waals surface area (Å²) in [5, 5.41) is 2.76. The van der Waals surface area contributed by atoms with Crippen molar-refractivity contribution in [2.45, 2.75) is 57.0 Å². The molecule has 2 aliphatic rings. The molecule has 6 heteroatoms. The first-order valence-electron chi connectivity index (χ1n) is 9.90. The molecular weight excluding hydrogens is 357 g/mol. The van der Waals surface area contributed by atoms with Gasteiger partial charge in [-0.1, -0.05) is 19.3 Å². The van der Waals surface area contributed by atoms with Crippen LogP contribution in [0, 0.1) is 5.82 Å². The van der Waals surface area contributed by atoms with Crippen molar-refractivity contribution in [3.63, 3.8) is 0 Å². The summed E-state index contributed by atoms with van der Waals surface area (Å²) in [6, 6.07) is 8.19. The summed E-state index contributed by atoms with van der Waals surface area (Å²) in [4.78, 5) is 31.8. The Morgan fingerprint density at radius 3 is 2.64 bits per heavy atom. The van der Waals surface area contributed by atoms with Crippen molar-refractivity contribution < 1.29 is 14.0 Å². The number of nitrogens with one attached hydrogen (secondary N) is 1. The fraction of sp³-hybridized carbons (Fsp3) is 0.409. The molecule has 2 amide bonds. The minimum absolute atomic E-state index is 0.0504. The van der Waals surface area contributed by atoms with E-state index in [2.05, 4.69) is 10.3 Å². The van der Waals surface area contributed by atoms with Crippen LogP contribution in [0.1, 0.15) is 55.6 Å². The van der Waals surface area contributed by atoms with Gasteiger partial charge in [0, 0.05) is 37.1 Å². The van der Waals surface area contributed by atoms with Gasteiger partial charge in [-0.2, -0.15) is 0 Å². The molecule has 28 heavy (non-hydrogen) atoms. The summed E-state index contributed by atoms with van der Waals surface area (Å²) in [6.45, 7) is 0.481. The fourth-order valence-electron chi connectivity index (χ4n) is 4.32. The smallest absolute Gasteiger partial charge is 0.231 e. The maximum absolute atomic E-state index is 13.9. The van der Waals surface area contributed by atoms with Crippen molar-refractivity contribution in [2.75, 3.05) is 5.32 Å². The quantitative estimate of drug-likeness (QED) is 0.870. The first-order chi connectivity index (χ1) is 13.6. The van der Waals surface area contributed by atoms with Crippen LogP contribution in [0.15, 0.2) is 42.7 Å². The number of nitrogens with zero attached hydrogens (tertiary/aromatic N) is 2. The number of amides is 2. The van der Waals surface area contributed by atoms with Gasteiger partial charge in [-0.3, -0.25) is 14.6 Å². The molecule has 0 bridgehead atoms. The average molecular weight is 381 g/mol. The fourth-order valence-corrected chi connectivity index (χ4v) is 4.32. The summed E-state index contributed by atoms with van der Waals surface area (Å²) in [6.07, 6.45) is 8.80. The first kappa shape index (κ1) is 18.6. The Morgan fingerprint density at radius 1 is 1.14 bits per heavy atom. The van der Waals surface area contributed by atoms with E-state index in [9.17, 15) is 14.0 Å². The minimum Gasteiger partial charge on any atom is -0.335 e. The minimum atomic E-state index is -0.650. The van der Waals surface area contributed by atoms with Crippen molar-refractivity contribution in [2.24, 2.45) is 0 Å². The lowest BCUT2D eigenvalue weighted by Gasteiger charge is -2.38. The van der Waals surface area contributed by atoms with E-state index >= 15 is 0 Å². The molecule has 1 aromatic heterocycles. The van der Waals surface area contributed by atoms with Gasteiger partial charge in [0.1, 0.15) is 5.82 Å².